The summed E-state index contributed by atoms with van der Waals surface area (Å²) in [7, 11) is 1.85. The van der Waals surface area contributed by atoms with Crippen LogP contribution < -0.4 is 5.32 Å². The molecular weight excluding hydrogens is 316 g/mol. The fraction of sp³-hybridized carbons (Fsp3) is 0.438. The first-order valence-electron chi connectivity index (χ1n) is 7.64. The van der Waals surface area contributed by atoms with E-state index >= 15 is 0 Å². The molecule has 1 N–H and O–H groups in total. The number of anilines is 1. The van der Waals surface area contributed by atoms with Crippen LogP contribution >= 0.6 is 11.6 Å². The van der Waals surface area contributed by atoms with E-state index < -0.39 is 0 Å². The van der Waals surface area contributed by atoms with Crippen molar-refractivity contribution in [2.24, 2.45) is 13.0 Å². The monoisotopic (exact) mass is 334 g/mol. The standard InChI is InChI=1S/C16H19ClN4O2/c1-10(22)21-7-3-4-11(9-21)15(23)19-16-18-13-8-12(17)5-6-14(13)20(16)2/h5-6,8,11H,3-4,7,9H2,1-2H3,(H,18,19,23)/t11-/m0/s1. The minimum atomic E-state index is -0.198. The SMILES string of the molecule is CC(=O)N1CCC[C@H](C(=O)Nc2nc3cc(Cl)ccc3n2C)C1. The number of hydrogen-bond acceptors (Lipinski definition) is 3. The fourth-order valence-electron chi connectivity index (χ4n) is 2.97. The van der Waals surface area contributed by atoms with Crippen LogP contribution in [0.3, 0.4) is 0 Å². The highest BCUT2D eigenvalue weighted by atomic mass is 35.5. The van der Waals surface area contributed by atoms with Crippen molar-refractivity contribution in [1.82, 2.24) is 14.5 Å². The zero-order valence-corrected chi connectivity index (χ0v) is 13.9. The van der Waals surface area contributed by atoms with E-state index in [9.17, 15) is 9.59 Å². The summed E-state index contributed by atoms with van der Waals surface area (Å²) < 4.78 is 1.83. The largest absolute Gasteiger partial charge is 0.342 e. The van der Waals surface area contributed by atoms with Gasteiger partial charge in [-0.1, -0.05) is 11.6 Å². The number of fused-ring (bicyclic) bond motifs is 1. The van der Waals surface area contributed by atoms with E-state index in [2.05, 4.69) is 10.3 Å². The second-order valence-corrected chi connectivity index (χ2v) is 6.36. The van der Waals surface area contributed by atoms with Gasteiger partial charge in [-0.05, 0) is 31.0 Å². The maximum absolute atomic E-state index is 12.5. The summed E-state index contributed by atoms with van der Waals surface area (Å²) in [6.45, 7) is 2.73. The van der Waals surface area contributed by atoms with Crippen LogP contribution in [0, 0.1) is 5.92 Å². The molecule has 1 aliphatic rings. The molecule has 1 fully saturated rings. The van der Waals surface area contributed by atoms with Gasteiger partial charge in [0, 0.05) is 32.1 Å². The molecule has 122 valence electrons. The van der Waals surface area contributed by atoms with Gasteiger partial charge < -0.3 is 9.47 Å². The van der Waals surface area contributed by atoms with Crippen LogP contribution in [0.2, 0.25) is 5.02 Å². The number of benzene rings is 1. The maximum Gasteiger partial charge on any atom is 0.231 e. The molecule has 0 bridgehead atoms. The van der Waals surface area contributed by atoms with Gasteiger partial charge in [0.25, 0.3) is 0 Å². The van der Waals surface area contributed by atoms with Gasteiger partial charge >= 0.3 is 0 Å². The number of aromatic nitrogens is 2. The Morgan fingerprint density at radius 1 is 1.39 bits per heavy atom. The van der Waals surface area contributed by atoms with Crippen LogP contribution in [-0.4, -0.2) is 39.4 Å². The molecule has 7 heteroatoms. The second kappa shape index (κ2) is 6.20. The summed E-state index contributed by atoms with van der Waals surface area (Å²) in [4.78, 5) is 30.1. The summed E-state index contributed by atoms with van der Waals surface area (Å²) in [6, 6.07) is 5.44. The first-order valence-corrected chi connectivity index (χ1v) is 8.02. The van der Waals surface area contributed by atoms with Crippen molar-refractivity contribution in [1.29, 1.82) is 0 Å². The van der Waals surface area contributed by atoms with Crippen LogP contribution in [0.1, 0.15) is 19.8 Å². The predicted molar refractivity (Wildman–Crippen MR) is 89.3 cm³/mol. The molecule has 1 aromatic carbocycles. The van der Waals surface area contributed by atoms with Gasteiger partial charge in [-0.25, -0.2) is 4.98 Å². The minimum absolute atomic E-state index is 0.0138. The van der Waals surface area contributed by atoms with Gasteiger partial charge in [-0.3, -0.25) is 14.9 Å². The molecule has 0 spiro atoms. The van der Waals surface area contributed by atoms with Crippen molar-refractivity contribution in [3.8, 4) is 0 Å². The Bertz CT molecular complexity index is 771. The number of imidazole rings is 1. The Labute approximate surface area is 139 Å². The summed E-state index contributed by atoms with van der Waals surface area (Å²) in [5, 5.41) is 3.49. The molecule has 0 unspecified atom stereocenters. The summed E-state index contributed by atoms with van der Waals surface area (Å²) in [5.41, 5.74) is 1.64. The van der Waals surface area contributed by atoms with E-state index in [4.69, 9.17) is 11.6 Å². The fourth-order valence-corrected chi connectivity index (χ4v) is 3.14. The molecule has 0 saturated carbocycles. The van der Waals surface area contributed by atoms with Crippen molar-refractivity contribution in [2.45, 2.75) is 19.8 Å². The van der Waals surface area contributed by atoms with Gasteiger partial charge in [0.2, 0.25) is 17.8 Å². The zero-order chi connectivity index (χ0) is 16.6. The lowest BCUT2D eigenvalue weighted by Gasteiger charge is -2.31. The Hall–Kier alpha value is -2.08. The first kappa shape index (κ1) is 15.8. The first-order chi connectivity index (χ1) is 11.0. The summed E-state index contributed by atoms with van der Waals surface area (Å²) in [5.74, 6) is 0.212. The lowest BCUT2D eigenvalue weighted by atomic mass is 9.97. The lowest BCUT2D eigenvalue weighted by Crippen LogP contribution is -2.43. The average Bonchev–Trinajstić information content (AvgIpc) is 2.82. The zero-order valence-electron chi connectivity index (χ0n) is 13.2. The number of aryl methyl sites for hydroxylation is 1. The maximum atomic E-state index is 12.5. The molecular formula is C16H19ClN4O2. The van der Waals surface area contributed by atoms with Crippen molar-refractivity contribution in [3.63, 3.8) is 0 Å². The second-order valence-electron chi connectivity index (χ2n) is 5.92. The number of carbonyl (C=O) groups is 2. The average molecular weight is 335 g/mol. The third-order valence-electron chi connectivity index (χ3n) is 4.32. The minimum Gasteiger partial charge on any atom is -0.342 e. The number of nitrogens with zero attached hydrogens (tertiary/aromatic N) is 3. The third-order valence-corrected chi connectivity index (χ3v) is 4.55. The number of hydrogen-bond donors (Lipinski definition) is 1. The molecule has 2 heterocycles. The normalized spacial score (nSPS) is 18.2. The van der Waals surface area contributed by atoms with E-state index in [1.807, 2.05) is 17.7 Å². The lowest BCUT2D eigenvalue weighted by molar-refractivity contribution is -0.132. The smallest absolute Gasteiger partial charge is 0.231 e. The van der Waals surface area contributed by atoms with Crippen LogP contribution in [0.5, 0.6) is 0 Å². The molecule has 0 radical (unpaired) electrons. The highest BCUT2D eigenvalue weighted by Gasteiger charge is 2.27. The van der Waals surface area contributed by atoms with Crippen molar-refractivity contribution >= 4 is 40.4 Å². The van der Waals surface area contributed by atoms with Crippen LogP contribution in [0.4, 0.5) is 5.95 Å². The molecule has 3 rings (SSSR count). The Morgan fingerprint density at radius 3 is 2.91 bits per heavy atom. The van der Waals surface area contributed by atoms with E-state index in [1.165, 1.54) is 6.92 Å². The highest BCUT2D eigenvalue weighted by Crippen LogP contribution is 2.23. The van der Waals surface area contributed by atoms with Gasteiger partial charge in [0.15, 0.2) is 0 Å². The number of carbonyl (C=O) groups excluding carboxylic acids is 2. The number of amides is 2. The van der Waals surface area contributed by atoms with Crippen LogP contribution in [0.25, 0.3) is 11.0 Å². The molecule has 1 atom stereocenters. The van der Waals surface area contributed by atoms with Gasteiger partial charge in [0.05, 0.1) is 17.0 Å². The Balaban J connectivity index is 1.77. The molecule has 1 aromatic heterocycles. The molecule has 0 aliphatic carbocycles. The number of piperidine rings is 1. The molecule has 1 aliphatic heterocycles. The molecule has 23 heavy (non-hydrogen) atoms. The van der Waals surface area contributed by atoms with Gasteiger partial charge in [-0.15, -0.1) is 0 Å². The number of nitrogens with one attached hydrogen (secondary N) is 1. The van der Waals surface area contributed by atoms with Crippen molar-refractivity contribution in [2.75, 3.05) is 18.4 Å². The molecule has 6 nitrogen and oxygen atoms in total. The molecule has 2 amide bonds. The van der Waals surface area contributed by atoms with Gasteiger partial charge in [0.1, 0.15) is 0 Å². The topological polar surface area (TPSA) is 67.2 Å². The predicted octanol–water partition coefficient (Wildman–Crippen LogP) is 2.42. The van der Waals surface area contributed by atoms with Crippen LogP contribution in [0.15, 0.2) is 18.2 Å². The summed E-state index contributed by atoms with van der Waals surface area (Å²) >= 11 is 5.98. The van der Waals surface area contributed by atoms with Crippen LogP contribution in [-0.2, 0) is 16.6 Å². The van der Waals surface area contributed by atoms with Gasteiger partial charge in [-0.2, -0.15) is 0 Å². The quantitative estimate of drug-likeness (QED) is 0.917. The molecule has 1 saturated heterocycles. The van der Waals surface area contributed by atoms with E-state index in [1.54, 1.807) is 17.0 Å². The Kier molecular flexibility index (Phi) is 4.26. The van der Waals surface area contributed by atoms with E-state index in [-0.39, 0.29) is 17.7 Å². The third kappa shape index (κ3) is 3.17. The van der Waals surface area contributed by atoms with Crippen molar-refractivity contribution < 1.29 is 9.59 Å². The van der Waals surface area contributed by atoms with E-state index in [0.29, 0.717) is 17.5 Å². The highest BCUT2D eigenvalue weighted by molar-refractivity contribution is 6.31. The Morgan fingerprint density at radius 2 is 2.17 bits per heavy atom. The van der Waals surface area contributed by atoms with E-state index in [0.717, 1.165) is 30.4 Å². The van der Waals surface area contributed by atoms with Crippen molar-refractivity contribution in [3.05, 3.63) is 23.2 Å². The summed E-state index contributed by atoms with van der Waals surface area (Å²) in [6.07, 6.45) is 1.63. The number of halogens is 1. The number of rotatable bonds is 2. The molecule has 2 aromatic rings. The number of likely N-dealkylation sites (tertiary alicyclic amines) is 1.